The summed E-state index contributed by atoms with van der Waals surface area (Å²) < 4.78 is 18.8. The van der Waals surface area contributed by atoms with E-state index >= 15 is 0 Å². The third kappa shape index (κ3) is 2.97. The Balaban J connectivity index is 1.47. The maximum atomic E-state index is 13.2. The van der Waals surface area contributed by atoms with Crippen molar-refractivity contribution in [3.63, 3.8) is 0 Å². The number of hydrogen-bond acceptors (Lipinski definition) is 4. The molecular weight excluding hydrogens is 369 g/mol. The smallest absolute Gasteiger partial charge is 0.254 e. The molecule has 4 aromatic rings. The predicted molar refractivity (Wildman–Crippen MR) is 107 cm³/mol. The number of carbonyl (C=O) groups excluding carboxylic acids is 1. The van der Waals surface area contributed by atoms with Gasteiger partial charge < -0.3 is 9.42 Å². The average Bonchev–Trinajstić information content (AvgIpc) is 3.19. The first-order valence-corrected chi connectivity index (χ1v) is 9.53. The molecule has 1 aliphatic heterocycles. The first kappa shape index (κ1) is 17.6. The van der Waals surface area contributed by atoms with Gasteiger partial charge in [-0.15, -0.1) is 0 Å². The number of pyridine rings is 1. The van der Waals surface area contributed by atoms with Gasteiger partial charge in [0, 0.05) is 23.1 Å². The van der Waals surface area contributed by atoms with Crippen LogP contribution in [0.2, 0.25) is 0 Å². The topological polar surface area (TPSA) is 59.2 Å². The number of para-hydroxylation sites is 1. The van der Waals surface area contributed by atoms with Gasteiger partial charge in [0.1, 0.15) is 17.2 Å². The van der Waals surface area contributed by atoms with Crippen LogP contribution in [-0.4, -0.2) is 27.5 Å². The van der Waals surface area contributed by atoms with Crippen LogP contribution >= 0.6 is 0 Å². The normalized spacial score (nSPS) is 16.1. The number of benzene rings is 2. The number of nitrogens with zero attached hydrogens (tertiary/aromatic N) is 3. The quantitative estimate of drug-likeness (QED) is 0.496. The standard InChI is InChI=1S/C23H18FN3O2/c1-14-21-18(12-13-27(14)23(28)16-6-9-17(24)10-7-16)22(29-26-21)20-11-8-15-4-2-3-5-19(15)25-20/h2-11,14H,12-13H2,1H3/t14-/m0/s1. The molecule has 5 nitrogen and oxygen atoms in total. The summed E-state index contributed by atoms with van der Waals surface area (Å²) in [4.78, 5) is 19.3. The summed E-state index contributed by atoms with van der Waals surface area (Å²) in [6, 6.07) is 17.2. The zero-order valence-electron chi connectivity index (χ0n) is 15.8. The number of rotatable bonds is 2. The van der Waals surface area contributed by atoms with Gasteiger partial charge >= 0.3 is 0 Å². The number of aromatic nitrogens is 2. The summed E-state index contributed by atoms with van der Waals surface area (Å²) in [5, 5.41) is 5.33. The van der Waals surface area contributed by atoms with Crippen LogP contribution in [0.5, 0.6) is 0 Å². The minimum absolute atomic E-state index is 0.142. The van der Waals surface area contributed by atoms with Crippen molar-refractivity contribution >= 4 is 16.8 Å². The lowest BCUT2D eigenvalue weighted by atomic mass is 9.96. The predicted octanol–water partition coefficient (Wildman–Crippen LogP) is 4.79. The maximum absolute atomic E-state index is 13.2. The molecule has 1 amide bonds. The molecule has 2 aromatic heterocycles. The molecule has 0 aliphatic carbocycles. The van der Waals surface area contributed by atoms with E-state index in [1.165, 1.54) is 24.3 Å². The third-order valence-corrected chi connectivity index (χ3v) is 5.47. The fourth-order valence-corrected chi connectivity index (χ4v) is 3.89. The molecular formula is C23H18FN3O2. The van der Waals surface area contributed by atoms with Crippen molar-refractivity contribution in [2.24, 2.45) is 0 Å². The number of amides is 1. The van der Waals surface area contributed by atoms with E-state index in [-0.39, 0.29) is 17.8 Å². The van der Waals surface area contributed by atoms with Gasteiger partial charge in [-0.25, -0.2) is 9.37 Å². The van der Waals surface area contributed by atoms with E-state index in [4.69, 9.17) is 9.51 Å². The SMILES string of the molecule is C[C@H]1c2noc(-c3ccc4ccccc4n3)c2CCN1C(=O)c1ccc(F)cc1. The lowest BCUT2D eigenvalue weighted by Crippen LogP contribution is -2.38. The van der Waals surface area contributed by atoms with Crippen LogP contribution in [-0.2, 0) is 6.42 Å². The van der Waals surface area contributed by atoms with Gasteiger partial charge in [0.2, 0.25) is 0 Å². The summed E-state index contributed by atoms with van der Waals surface area (Å²) in [6.07, 6.45) is 0.625. The first-order chi connectivity index (χ1) is 14.1. The molecule has 0 saturated heterocycles. The second kappa shape index (κ2) is 6.81. The molecule has 0 saturated carbocycles. The van der Waals surface area contributed by atoms with Gasteiger partial charge in [0.25, 0.3) is 5.91 Å². The van der Waals surface area contributed by atoms with E-state index in [1.54, 1.807) is 4.90 Å². The Morgan fingerprint density at radius 3 is 2.72 bits per heavy atom. The zero-order valence-corrected chi connectivity index (χ0v) is 15.8. The largest absolute Gasteiger partial charge is 0.354 e. The molecule has 1 aliphatic rings. The Hall–Kier alpha value is -3.54. The summed E-state index contributed by atoms with van der Waals surface area (Å²) in [5.74, 6) is 0.155. The van der Waals surface area contributed by atoms with Crippen LogP contribution in [0.1, 0.15) is 34.6 Å². The Bertz CT molecular complexity index is 1220. The monoisotopic (exact) mass is 387 g/mol. The molecule has 3 heterocycles. The van der Waals surface area contributed by atoms with Crippen LogP contribution in [0.15, 0.2) is 65.2 Å². The van der Waals surface area contributed by atoms with E-state index in [0.29, 0.717) is 24.3 Å². The van der Waals surface area contributed by atoms with Gasteiger partial charge in [-0.3, -0.25) is 4.79 Å². The van der Waals surface area contributed by atoms with E-state index in [9.17, 15) is 9.18 Å². The summed E-state index contributed by atoms with van der Waals surface area (Å²) in [6.45, 7) is 2.46. The Morgan fingerprint density at radius 2 is 1.90 bits per heavy atom. The molecule has 0 radical (unpaired) electrons. The third-order valence-electron chi connectivity index (χ3n) is 5.47. The highest BCUT2D eigenvalue weighted by Gasteiger charge is 2.33. The minimum Gasteiger partial charge on any atom is -0.354 e. The molecule has 0 N–H and O–H groups in total. The lowest BCUT2D eigenvalue weighted by Gasteiger charge is -2.32. The van der Waals surface area contributed by atoms with Gasteiger partial charge in [0.05, 0.1) is 11.6 Å². The van der Waals surface area contributed by atoms with Gasteiger partial charge in [-0.2, -0.15) is 0 Å². The van der Waals surface area contributed by atoms with Crippen LogP contribution in [0.3, 0.4) is 0 Å². The second-order valence-electron chi connectivity index (χ2n) is 7.20. The summed E-state index contributed by atoms with van der Waals surface area (Å²) in [5.41, 5.74) is 3.83. The molecule has 0 spiro atoms. The van der Waals surface area contributed by atoms with Crippen molar-refractivity contribution in [1.29, 1.82) is 0 Å². The zero-order chi connectivity index (χ0) is 20.0. The molecule has 144 valence electrons. The first-order valence-electron chi connectivity index (χ1n) is 9.53. The highest BCUT2D eigenvalue weighted by molar-refractivity contribution is 5.94. The van der Waals surface area contributed by atoms with E-state index in [1.807, 2.05) is 43.3 Å². The fourth-order valence-electron chi connectivity index (χ4n) is 3.89. The molecule has 2 aromatic carbocycles. The Labute approximate surface area is 166 Å². The van der Waals surface area contributed by atoms with Gasteiger partial charge in [-0.05, 0) is 49.7 Å². The molecule has 1 atom stereocenters. The van der Waals surface area contributed by atoms with Crippen LogP contribution in [0, 0.1) is 5.82 Å². The van der Waals surface area contributed by atoms with Crippen molar-refractivity contribution in [3.05, 3.63) is 83.3 Å². The van der Waals surface area contributed by atoms with E-state index in [0.717, 1.165) is 27.9 Å². The molecule has 0 unspecified atom stereocenters. The summed E-state index contributed by atoms with van der Waals surface area (Å²) in [7, 11) is 0. The average molecular weight is 387 g/mol. The van der Waals surface area contributed by atoms with Crippen LogP contribution in [0.4, 0.5) is 4.39 Å². The molecule has 29 heavy (non-hydrogen) atoms. The summed E-state index contributed by atoms with van der Waals surface area (Å²) >= 11 is 0. The van der Waals surface area contributed by atoms with Gasteiger partial charge in [-0.1, -0.05) is 29.4 Å². The Morgan fingerprint density at radius 1 is 1.10 bits per heavy atom. The number of halogens is 1. The van der Waals surface area contributed by atoms with Crippen molar-refractivity contribution < 1.29 is 13.7 Å². The Kier molecular flexibility index (Phi) is 4.12. The number of carbonyl (C=O) groups is 1. The molecule has 6 heteroatoms. The van der Waals surface area contributed by atoms with Crippen molar-refractivity contribution in [3.8, 4) is 11.5 Å². The molecule has 0 bridgehead atoms. The lowest BCUT2D eigenvalue weighted by molar-refractivity contribution is 0.0672. The molecule has 0 fully saturated rings. The fraction of sp³-hybridized carbons (Fsp3) is 0.174. The van der Waals surface area contributed by atoms with Crippen molar-refractivity contribution in [1.82, 2.24) is 15.0 Å². The number of hydrogen-bond donors (Lipinski definition) is 0. The maximum Gasteiger partial charge on any atom is 0.254 e. The van der Waals surface area contributed by atoms with Crippen LogP contribution in [0.25, 0.3) is 22.4 Å². The van der Waals surface area contributed by atoms with E-state index in [2.05, 4.69) is 5.16 Å². The van der Waals surface area contributed by atoms with Crippen molar-refractivity contribution in [2.45, 2.75) is 19.4 Å². The van der Waals surface area contributed by atoms with Gasteiger partial charge in [0.15, 0.2) is 5.76 Å². The van der Waals surface area contributed by atoms with Crippen molar-refractivity contribution in [2.75, 3.05) is 6.54 Å². The highest BCUT2D eigenvalue weighted by atomic mass is 19.1. The number of fused-ring (bicyclic) bond motifs is 2. The van der Waals surface area contributed by atoms with Crippen LogP contribution < -0.4 is 0 Å². The molecule has 5 rings (SSSR count). The van der Waals surface area contributed by atoms with E-state index < -0.39 is 0 Å². The minimum atomic E-state index is -0.362. The highest BCUT2D eigenvalue weighted by Crippen LogP contribution is 2.36. The second-order valence-corrected chi connectivity index (χ2v) is 7.20.